The van der Waals surface area contributed by atoms with Crippen LogP contribution in [0.3, 0.4) is 0 Å². The molecule has 0 atom stereocenters. The van der Waals surface area contributed by atoms with Crippen LogP contribution in [0.5, 0.6) is 11.5 Å². The Morgan fingerprint density at radius 3 is 2.41 bits per heavy atom. The molecule has 118 valence electrons. The highest BCUT2D eigenvalue weighted by atomic mass is 127. The number of hydrogen-bond acceptors (Lipinski definition) is 4. The average molecular weight is 415 g/mol. The van der Waals surface area contributed by atoms with Gasteiger partial charge in [-0.2, -0.15) is 0 Å². The molecule has 1 aromatic carbocycles. The summed E-state index contributed by atoms with van der Waals surface area (Å²) in [6, 6.07) is 7.25. The van der Waals surface area contributed by atoms with Crippen molar-refractivity contribution < 1.29 is 18.7 Å². The molecule has 0 aliphatic carbocycles. The van der Waals surface area contributed by atoms with E-state index in [-0.39, 0.29) is 5.91 Å². The predicted octanol–water partition coefficient (Wildman–Crippen LogP) is 3.48. The number of amides is 1. The number of aryl methyl sites for hydroxylation is 1. The summed E-state index contributed by atoms with van der Waals surface area (Å²) in [5, 5.41) is 0. The van der Waals surface area contributed by atoms with Crippen LogP contribution in [-0.4, -0.2) is 32.1 Å². The molecule has 1 amide bonds. The Bertz CT molecular complexity index is 681. The van der Waals surface area contributed by atoms with Crippen LogP contribution in [0.2, 0.25) is 0 Å². The van der Waals surface area contributed by atoms with E-state index in [2.05, 4.69) is 22.6 Å². The lowest BCUT2D eigenvalue weighted by atomic mass is 10.1. The molecular weight excluding hydrogens is 397 g/mol. The minimum Gasteiger partial charge on any atom is -0.493 e. The molecule has 1 heterocycles. The highest BCUT2D eigenvalue weighted by molar-refractivity contribution is 14.1. The van der Waals surface area contributed by atoms with Gasteiger partial charge in [-0.05, 0) is 53.8 Å². The van der Waals surface area contributed by atoms with Gasteiger partial charge in [-0.3, -0.25) is 4.79 Å². The normalized spacial score (nSPS) is 10.4. The molecule has 1 aromatic heterocycles. The van der Waals surface area contributed by atoms with Crippen molar-refractivity contribution in [1.82, 2.24) is 4.90 Å². The number of hydrogen-bond donors (Lipinski definition) is 0. The third-order valence-corrected chi connectivity index (χ3v) is 4.13. The van der Waals surface area contributed by atoms with Crippen LogP contribution in [0, 0.1) is 10.5 Å². The molecule has 0 aliphatic heterocycles. The minimum atomic E-state index is -0.0978. The second-order valence-electron chi connectivity index (χ2n) is 4.86. The fraction of sp³-hybridized carbons (Fsp3) is 0.312. The van der Waals surface area contributed by atoms with Crippen molar-refractivity contribution in [1.29, 1.82) is 0 Å². The largest absolute Gasteiger partial charge is 0.493 e. The molecule has 22 heavy (non-hydrogen) atoms. The zero-order valence-corrected chi connectivity index (χ0v) is 15.1. The monoisotopic (exact) mass is 415 g/mol. The van der Waals surface area contributed by atoms with Crippen molar-refractivity contribution in [3.05, 3.63) is 44.9 Å². The second-order valence-corrected chi connectivity index (χ2v) is 6.02. The number of furan rings is 1. The van der Waals surface area contributed by atoms with Gasteiger partial charge in [-0.1, -0.05) is 0 Å². The topological polar surface area (TPSA) is 51.9 Å². The van der Waals surface area contributed by atoms with Crippen molar-refractivity contribution in [3.63, 3.8) is 0 Å². The van der Waals surface area contributed by atoms with Gasteiger partial charge in [-0.15, -0.1) is 0 Å². The first kappa shape index (κ1) is 16.7. The van der Waals surface area contributed by atoms with E-state index < -0.39 is 0 Å². The molecule has 2 aromatic rings. The van der Waals surface area contributed by atoms with Gasteiger partial charge in [-0.25, -0.2) is 0 Å². The van der Waals surface area contributed by atoms with Gasteiger partial charge in [0.2, 0.25) is 0 Å². The van der Waals surface area contributed by atoms with E-state index in [9.17, 15) is 4.79 Å². The van der Waals surface area contributed by atoms with E-state index in [0.717, 1.165) is 15.1 Å². The second kappa shape index (κ2) is 7.04. The van der Waals surface area contributed by atoms with Gasteiger partial charge in [0.15, 0.2) is 11.5 Å². The summed E-state index contributed by atoms with van der Waals surface area (Å²) in [6.45, 7) is 2.29. The Morgan fingerprint density at radius 1 is 1.23 bits per heavy atom. The smallest absolute Gasteiger partial charge is 0.255 e. The van der Waals surface area contributed by atoms with Gasteiger partial charge >= 0.3 is 0 Å². The van der Waals surface area contributed by atoms with E-state index in [4.69, 9.17) is 13.9 Å². The third-order valence-electron chi connectivity index (χ3n) is 3.24. The van der Waals surface area contributed by atoms with Crippen LogP contribution < -0.4 is 9.47 Å². The molecule has 0 N–H and O–H groups in total. The molecule has 0 saturated carbocycles. The summed E-state index contributed by atoms with van der Waals surface area (Å²) in [5.74, 6) is 2.63. The highest BCUT2D eigenvalue weighted by Crippen LogP contribution is 2.32. The Kier molecular flexibility index (Phi) is 5.33. The van der Waals surface area contributed by atoms with Crippen molar-refractivity contribution >= 4 is 28.5 Å². The molecule has 0 spiro atoms. The van der Waals surface area contributed by atoms with Crippen LogP contribution in [0.4, 0.5) is 0 Å². The molecule has 6 heteroatoms. The van der Waals surface area contributed by atoms with Gasteiger partial charge in [0.25, 0.3) is 5.91 Å². The maximum absolute atomic E-state index is 12.6. The van der Waals surface area contributed by atoms with Crippen LogP contribution in [0.1, 0.15) is 21.9 Å². The first-order valence-corrected chi connectivity index (χ1v) is 7.76. The average Bonchev–Trinajstić information content (AvgIpc) is 2.91. The number of nitrogens with zero attached hydrogens (tertiary/aromatic N) is 1. The van der Waals surface area contributed by atoms with Crippen molar-refractivity contribution in [2.75, 3.05) is 21.3 Å². The van der Waals surface area contributed by atoms with E-state index in [1.807, 2.05) is 19.1 Å². The molecule has 0 saturated heterocycles. The molecule has 2 rings (SSSR count). The lowest BCUT2D eigenvalue weighted by molar-refractivity contribution is 0.0773. The van der Waals surface area contributed by atoms with E-state index in [1.165, 1.54) is 0 Å². The lowest BCUT2D eigenvalue weighted by Gasteiger charge is -2.18. The fourth-order valence-corrected chi connectivity index (χ4v) is 2.77. The Labute approximate surface area is 143 Å². The van der Waals surface area contributed by atoms with E-state index in [0.29, 0.717) is 23.6 Å². The number of carbonyl (C=O) groups excluding carboxylic acids is 1. The zero-order valence-electron chi connectivity index (χ0n) is 13.0. The summed E-state index contributed by atoms with van der Waals surface area (Å²) < 4.78 is 16.8. The third kappa shape index (κ3) is 3.55. The standard InChI is InChI=1S/C16H18INO4/c1-10-5-6-11(22-10)9-18(2)16(19)12-7-14(20-3)15(21-4)8-13(12)17/h5-8H,9H2,1-4H3. The number of benzene rings is 1. The summed E-state index contributed by atoms with van der Waals surface area (Å²) >= 11 is 2.12. The summed E-state index contributed by atoms with van der Waals surface area (Å²) in [4.78, 5) is 14.2. The summed E-state index contributed by atoms with van der Waals surface area (Å²) in [6.07, 6.45) is 0. The summed E-state index contributed by atoms with van der Waals surface area (Å²) in [7, 11) is 4.86. The molecule has 0 bridgehead atoms. The van der Waals surface area contributed by atoms with Crippen molar-refractivity contribution in [3.8, 4) is 11.5 Å². The number of halogens is 1. The Morgan fingerprint density at radius 2 is 1.86 bits per heavy atom. The molecule has 0 unspecified atom stereocenters. The predicted molar refractivity (Wildman–Crippen MR) is 91.5 cm³/mol. The van der Waals surface area contributed by atoms with Gasteiger partial charge in [0.05, 0.1) is 26.3 Å². The van der Waals surface area contributed by atoms with Crippen LogP contribution in [0.25, 0.3) is 0 Å². The zero-order chi connectivity index (χ0) is 16.3. The number of ether oxygens (including phenoxy) is 2. The molecular formula is C16H18INO4. The molecule has 0 aliphatic rings. The number of carbonyl (C=O) groups is 1. The van der Waals surface area contributed by atoms with Gasteiger partial charge < -0.3 is 18.8 Å². The summed E-state index contributed by atoms with van der Waals surface area (Å²) in [5.41, 5.74) is 0.573. The highest BCUT2D eigenvalue weighted by Gasteiger charge is 2.19. The minimum absolute atomic E-state index is 0.0978. The van der Waals surface area contributed by atoms with E-state index in [1.54, 1.807) is 38.3 Å². The molecule has 0 fully saturated rings. The Hall–Kier alpha value is -1.70. The van der Waals surface area contributed by atoms with Gasteiger partial charge in [0, 0.05) is 10.6 Å². The molecule has 0 radical (unpaired) electrons. The van der Waals surface area contributed by atoms with Crippen LogP contribution in [0.15, 0.2) is 28.7 Å². The maximum atomic E-state index is 12.6. The Balaban J connectivity index is 2.24. The van der Waals surface area contributed by atoms with E-state index >= 15 is 0 Å². The first-order valence-electron chi connectivity index (χ1n) is 6.68. The van der Waals surface area contributed by atoms with Crippen LogP contribution in [-0.2, 0) is 6.54 Å². The van der Waals surface area contributed by atoms with Crippen molar-refractivity contribution in [2.45, 2.75) is 13.5 Å². The van der Waals surface area contributed by atoms with Crippen LogP contribution >= 0.6 is 22.6 Å². The van der Waals surface area contributed by atoms with Gasteiger partial charge in [0.1, 0.15) is 11.5 Å². The first-order chi connectivity index (χ1) is 10.5. The number of rotatable bonds is 5. The number of methoxy groups -OCH3 is 2. The quantitative estimate of drug-likeness (QED) is 0.702. The fourth-order valence-electron chi connectivity index (χ4n) is 2.10. The maximum Gasteiger partial charge on any atom is 0.255 e. The lowest BCUT2D eigenvalue weighted by Crippen LogP contribution is -2.26. The SMILES string of the molecule is COc1cc(I)c(C(=O)N(C)Cc2ccc(C)o2)cc1OC. The molecule has 5 nitrogen and oxygen atoms in total. The van der Waals surface area contributed by atoms with Crippen molar-refractivity contribution in [2.24, 2.45) is 0 Å².